The number of nitrogens with zero attached hydrogens (tertiary/aromatic N) is 6. The summed E-state index contributed by atoms with van der Waals surface area (Å²) in [7, 11) is 0. The highest BCUT2D eigenvalue weighted by Crippen LogP contribution is 2.41. The van der Waals surface area contributed by atoms with Crippen LogP contribution in [0.15, 0.2) is 30.7 Å². The van der Waals surface area contributed by atoms with Gasteiger partial charge < -0.3 is 20.9 Å². The van der Waals surface area contributed by atoms with Crippen molar-refractivity contribution in [3.05, 3.63) is 42.1 Å². The lowest BCUT2D eigenvalue weighted by molar-refractivity contribution is -0.0187. The highest BCUT2D eigenvalue weighted by atomic mass is 16.3. The van der Waals surface area contributed by atoms with Gasteiger partial charge in [-0.3, -0.25) is 4.90 Å². The first-order valence-electron chi connectivity index (χ1n) is 15.0. The third kappa shape index (κ3) is 5.33. The number of aliphatic hydroxyl groups excluding tert-OH is 2. The molecule has 2 aliphatic carbocycles. The van der Waals surface area contributed by atoms with E-state index in [0.29, 0.717) is 41.3 Å². The lowest BCUT2D eigenvalue weighted by Gasteiger charge is -2.46. The number of aromatic nitrogens is 6. The Morgan fingerprint density at radius 1 is 1.12 bits per heavy atom. The molecule has 3 heterocycles. The third-order valence-corrected chi connectivity index (χ3v) is 9.48. The van der Waals surface area contributed by atoms with Gasteiger partial charge in [-0.05, 0) is 68.6 Å². The number of anilines is 1. The van der Waals surface area contributed by atoms with Crippen molar-refractivity contribution < 1.29 is 10.2 Å². The smallest absolute Gasteiger partial charge is 0.163 e. The number of nitrogens with two attached hydrogens (primary N) is 1. The molecule has 0 radical (unpaired) electrons. The molecule has 0 bridgehead atoms. The largest absolute Gasteiger partial charge is 0.390 e. The van der Waals surface area contributed by atoms with E-state index in [1.54, 1.807) is 10.9 Å². The molecule has 6 rings (SSSR count). The summed E-state index contributed by atoms with van der Waals surface area (Å²) in [5.74, 6) is 2.06. The van der Waals surface area contributed by atoms with E-state index in [1.165, 1.54) is 11.9 Å². The minimum atomic E-state index is -0.911. The molecule has 10 heteroatoms. The normalized spacial score (nSPS) is 27.0. The van der Waals surface area contributed by atoms with Crippen LogP contribution in [-0.4, -0.2) is 75.7 Å². The second kappa shape index (κ2) is 10.6. The number of aliphatic hydroxyl groups is 2. The van der Waals surface area contributed by atoms with Crippen LogP contribution in [0.5, 0.6) is 0 Å². The van der Waals surface area contributed by atoms with Gasteiger partial charge in [0.05, 0.1) is 34.8 Å². The molecule has 4 atom stereocenters. The Morgan fingerprint density at radius 2 is 1.90 bits per heavy atom. The summed E-state index contributed by atoms with van der Waals surface area (Å²) in [6.45, 7) is 11.9. The fraction of sp³-hybridized carbons (Fsp3) is 0.613. The summed E-state index contributed by atoms with van der Waals surface area (Å²) in [6.07, 6.45) is 6.34. The predicted octanol–water partition coefficient (Wildman–Crippen LogP) is 3.99. The van der Waals surface area contributed by atoms with E-state index in [9.17, 15) is 10.2 Å². The van der Waals surface area contributed by atoms with Crippen LogP contribution in [0.1, 0.15) is 77.7 Å². The lowest BCUT2D eigenvalue weighted by Crippen LogP contribution is -2.51. The number of hydrogen-bond acceptors (Lipinski definition) is 8. The summed E-state index contributed by atoms with van der Waals surface area (Å²) in [5.41, 5.74) is 10.2. The standard InChI is InChI=1S/C31H44N8O2/c1-17(2)38(15-19-12-25(28(41)27(19)40)39-30-22(14-35-39)29(32)33-16-34-30)21-10-18(11-21)6-9-26-36-23-8-7-20(31(3,4)5)13-24(23)37-26/h7-8,13-14,16-19,21,25,27-28,40-41H,6,9-12,15H2,1-5H3,(H,36,37)(H2,32,33,34)/t18?,19-,21?,25-,27-,28+/m1/s1. The van der Waals surface area contributed by atoms with E-state index in [1.807, 2.05) is 0 Å². The van der Waals surface area contributed by atoms with Crippen molar-refractivity contribution in [3.8, 4) is 0 Å². The van der Waals surface area contributed by atoms with E-state index < -0.39 is 12.2 Å². The number of nitrogens with one attached hydrogen (secondary N) is 1. The highest BCUT2D eigenvalue weighted by Gasteiger charge is 2.45. The van der Waals surface area contributed by atoms with Gasteiger partial charge in [-0.2, -0.15) is 5.10 Å². The number of H-pyrrole nitrogens is 1. The Morgan fingerprint density at radius 3 is 2.63 bits per heavy atom. The topological polar surface area (TPSA) is 142 Å². The molecule has 2 aliphatic rings. The van der Waals surface area contributed by atoms with Crippen LogP contribution in [0.3, 0.4) is 0 Å². The number of benzene rings is 1. The Labute approximate surface area is 241 Å². The van der Waals surface area contributed by atoms with Gasteiger partial charge in [-0.1, -0.05) is 26.8 Å². The number of aromatic amines is 1. The fourth-order valence-corrected chi connectivity index (χ4v) is 6.89. The van der Waals surface area contributed by atoms with E-state index >= 15 is 0 Å². The molecule has 41 heavy (non-hydrogen) atoms. The van der Waals surface area contributed by atoms with Crippen LogP contribution in [-0.2, 0) is 11.8 Å². The zero-order chi connectivity index (χ0) is 29.1. The molecule has 220 valence electrons. The molecule has 0 aliphatic heterocycles. The molecule has 0 saturated heterocycles. The van der Waals surface area contributed by atoms with Crippen molar-refractivity contribution in [2.45, 2.75) is 102 Å². The van der Waals surface area contributed by atoms with Gasteiger partial charge >= 0.3 is 0 Å². The van der Waals surface area contributed by atoms with Gasteiger partial charge in [0.1, 0.15) is 24.1 Å². The Kier molecular flexibility index (Phi) is 7.28. The number of imidazole rings is 1. The van der Waals surface area contributed by atoms with E-state index in [-0.39, 0.29) is 17.4 Å². The van der Waals surface area contributed by atoms with Gasteiger partial charge in [-0.15, -0.1) is 0 Å². The molecule has 3 aromatic heterocycles. The molecule has 2 saturated carbocycles. The quantitative estimate of drug-likeness (QED) is 0.253. The Bertz CT molecular complexity index is 1520. The minimum absolute atomic E-state index is 0.0524. The maximum absolute atomic E-state index is 11.1. The number of aryl methyl sites for hydroxylation is 1. The number of fused-ring (bicyclic) bond motifs is 2. The zero-order valence-electron chi connectivity index (χ0n) is 24.8. The van der Waals surface area contributed by atoms with E-state index in [2.05, 4.69) is 77.8 Å². The first-order valence-corrected chi connectivity index (χ1v) is 15.0. The molecular weight excluding hydrogens is 516 g/mol. The fourth-order valence-electron chi connectivity index (χ4n) is 6.89. The van der Waals surface area contributed by atoms with Crippen molar-refractivity contribution in [2.24, 2.45) is 11.8 Å². The second-order valence-corrected chi connectivity index (χ2v) is 13.6. The maximum Gasteiger partial charge on any atom is 0.163 e. The van der Waals surface area contributed by atoms with E-state index in [4.69, 9.17) is 10.7 Å². The van der Waals surface area contributed by atoms with Crippen molar-refractivity contribution in [3.63, 3.8) is 0 Å². The average molecular weight is 561 g/mol. The summed E-state index contributed by atoms with van der Waals surface area (Å²) in [5, 5.41) is 27.2. The van der Waals surface area contributed by atoms with Crippen LogP contribution >= 0.6 is 0 Å². The van der Waals surface area contributed by atoms with Crippen LogP contribution in [0, 0.1) is 11.8 Å². The van der Waals surface area contributed by atoms with Gasteiger partial charge in [0.25, 0.3) is 0 Å². The molecule has 0 amide bonds. The van der Waals surface area contributed by atoms with Gasteiger partial charge in [0, 0.05) is 31.0 Å². The average Bonchev–Trinajstić information content (AvgIpc) is 3.58. The number of hydrogen-bond donors (Lipinski definition) is 4. The number of nitrogen functional groups attached to an aromatic ring is 1. The summed E-state index contributed by atoms with van der Waals surface area (Å²) in [4.78, 5) is 19.3. The van der Waals surface area contributed by atoms with Crippen LogP contribution in [0.4, 0.5) is 5.82 Å². The lowest BCUT2D eigenvalue weighted by atomic mass is 9.76. The summed E-state index contributed by atoms with van der Waals surface area (Å²) < 4.78 is 1.71. The molecule has 5 N–H and O–H groups in total. The molecular formula is C31H44N8O2. The first kappa shape index (κ1) is 28.1. The van der Waals surface area contributed by atoms with Crippen molar-refractivity contribution in [1.82, 2.24) is 34.6 Å². The van der Waals surface area contributed by atoms with Gasteiger partial charge in [0.2, 0.25) is 0 Å². The van der Waals surface area contributed by atoms with Crippen LogP contribution < -0.4 is 5.73 Å². The molecule has 0 unspecified atom stereocenters. The van der Waals surface area contributed by atoms with Crippen molar-refractivity contribution >= 4 is 27.9 Å². The van der Waals surface area contributed by atoms with E-state index in [0.717, 1.165) is 49.1 Å². The third-order valence-electron chi connectivity index (χ3n) is 9.48. The van der Waals surface area contributed by atoms with Crippen LogP contribution in [0.2, 0.25) is 0 Å². The molecule has 2 fully saturated rings. The van der Waals surface area contributed by atoms with Gasteiger partial charge in [-0.25, -0.2) is 19.6 Å². The second-order valence-electron chi connectivity index (χ2n) is 13.6. The zero-order valence-corrected chi connectivity index (χ0v) is 24.8. The molecule has 4 aromatic rings. The predicted molar refractivity (Wildman–Crippen MR) is 160 cm³/mol. The number of rotatable bonds is 8. The molecule has 10 nitrogen and oxygen atoms in total. The monoisotopic (exact) mass is 560 g/mol. The molecule has 0 spiro atoms. The van der Waals surface area contributed by atoms with Crippen molar-refractivity contribution in [1.29, 1.82) is 0 Å². The first-order chi connectivity index (χ1) is 19.5. The molecule has 1 aromatic carbocycles. The van der Waals surface area contributed by atoms with Crippen LogP contribution in [0.25, 0.3) is 22.1 Å². The Hall–Kier alpha value is -3.08. The maximum atomic E-state index is 11.1. The minimum Gasteiger partial charge on any atom is -0.390 e. The Balaban J connectivity index is 1.06. The SMILES string of the molecule is CC(C)N(C[C@H]1C[C@@H](n2ncc3c(N)ncnc32)[C@H](O)[C@@H]1O)C1CC(CCc2nc3ccc(C(C)(C)C)cc3[nH]2)C1. The summed E-state index contributed by atoms with van der Waals surface area (Å²) >= 11 is 0. The summed E-state index contributed by atoms with van der Waals surface area (Å²) in [6, 6.07) is 7.05. The van der Waals surface area contributed by atoms with Crippen molar-refractivity contribution in [2.75, 3.05) is 12.3 Å². The highest BCUT2D eigenvalue weighted by molar-refractivity contribution is 5.84. The van der Waals surface area contributed by atoms with Gasteiger partial charge in [0.15, 0.2) is 5.65 Å².